The predicted molar refractivity (Wildman–Crippen MR) is 90.6 cm³/mol. The molecule has 1 amide bonds. The maximum Gasteiger partial charge on any atom is 0.269 e. The molecule has 2 aromatic heterocycles. The van der Waals surface area contributed by atoms with Gasteiger partial charge in [0.2, 0.25) is 0 Å². The van der Waals surface area contributed by atoms with Gasteiger partial charge in [-0.25, -0.2) is 0 Å². The molecular formula is C17H17N3O2S. The van der Waals surface area contributed by atoms with Crippen LogP contribution in [0.25, 0.3) is 11.3 Å². The van der Waals surface area contributed by atoms with E-state index in [0.29, 0.717) is 17.0 Å². The Morgan fingerprint density at radius 3 is 2.96 bits per heavy atom. The molecule has 0 spiro atoms. The Balaban J connectivity index is 1.68. The van der Waals surface area contributed by atoms with Crippen LogP contribution >= 0.6 is 11.3 Å². The van der Waals surface area contributed by atoms with E-state index in [4.69, 9.17) is 0 Å². The molecule has 6 heteroatoms. The van der Waals surface area contributed by atoms with Crippen LogP contribution < -0.4 is 5.32 Å². The molecule has 1 aromatic carbocycles. The quantitative estimate of drug-likeness (QED) is 0.673. The summed E-state index contributed by atoms with van der Waals surface area (Å²) >= 11 is 1.65. The average molecular weight is 327 g/mol. The van der Waals surface area contributed by atoms with Crippen molar-refractivity contribution in [2.45, 2.75) is 19.4 Å². The van der Waals surface area contributed by atoms with Gasteiger partial charge < -0.3 is 10.4 Å². The Bertz CT molecular complexity index is 796. The zero-order valence-electron chi connectivity index (χ0n) is 12.6. The maximum atomic E-state index is 12.3. The first-order valence-corrected chi connectivity index (χ1v) is 8.23. The van der Waals surface area contributed by atoms with E-state index in [-0.39, 0.29) is 17.7 Å². The molecule has 3 rings (SSSR count). The zero-order valence-corrected chi connectivity index (χ0v) is 13.4. The second-order valence-corrected chi connectivity index (χ2v) is 6.17. The molecule has 0 bridgehead atoms. The predicted octanol–water partition coefficient (Wildman–Crippen LogP) is 3.20. The molecule has 3 N–H and O–H groups in total. The van der Waals surface area contributed by atoms with Crippen LogP contribution in [-0.2, 0) is 6.42 Å². The summed E-state index contributed by atoms with van der Waals surface area (Å²) in [6.07, 6.45) is 0.787. The molecule has 1 unspecified atom stereocenters. The van der Waals surface area contributed by atoms with Gasteiger partial charge >= 0.3 is 0 Å². The van der Waals surface area contributed by atoms with Gasteiger partial charge in [0.25, 0.3) is 5.91 Å². The van der Waals surface area contributed by atoms with E-state index in [0.717, 1.165) is 6.42 Å². The summed E-state index contributed by atoms with van der Waals surface area (Å²) in [7, 11) is 0. The third-order valence-corrected chi connectivity index (χ3v) is 4.23. The third kappa shape index (κ3) is 3.60. The van der Waals surface area contributed by atoms with E-state index in [1.165, 1.54) is 5.56 Å². The Morgan fingerprint density at radius 1 is 1.39 bits per heavy atom. The lowest BCUT2D eigenvalue weighted by Gasteiger charge is -2.12. The van der Waals surface area contributed by atoms with Crippen LogP contribution in [0.1, 0.15) is 23.0 Å². The van der Waals surface area contributed by atoms with Crippen molar-refractivity contribution in [1.82, 2.24) is 15.5 Å². The highest BCUT2D eigenvalue weighted by Crippen LogP contribution is 2.27. The smallest absolute Gasteiger partial charge is 0.269 e. The molecule has 3 aromatic rings. The molecule has 0 aliphatic rings. The number of H-pyrrole nitrogens is 1. The van der Waals surface area contributed by atoms with Crippen LogP contribution in [0.4, 0.5) is 0 Å². The lowest BCUT2D eigenvalue weighted by molar-refractivity contribution is 0.0935. The highest BCUT2D eigenvalue weighted by Gasteiger charge is 2.15. The molecule has 1 atom stereocenters. The van der Waals surface area contributed by atoms with Crippen LogP contribution in [0, 0.1) is 0 Å². The number of hydrogen-bond donors (Lipinski definition) is 3. The molecule has 0 saturated heterocycles. The number of nitrogens with one attached hydrogen (secondary N) is 2. The minimum Gasteiger partial charge on any atom is -0.507 e. The lowest BCUT2D eigenvalue weighted by atomic mass is 10.1. The fourth-order valence-corrected chi connectivity index (χ4v) is 3.06. The third-order valence-electron chi connectivity index (χ3n) is 3.50. The van der Waals surface area contributed by atoms with Crippen LogP contribution in [0.5, 0.6) is 5.75 Å². The van der Waals surface area contributed by atoms with Crippen molar-refractivity contribution in [1.29, 1.82) is 0 Å². The number of nitrogens with zero attached hydrogens (tertiary/aromatic N) is 1. The molecular weight excluding hydrogens is 310 g/mol. The van der Waals surface area contributed by atoms with Gasteiger partial charge in [0, 0.05) is 11.6 Å². The van der Waals surface area contributed by atoms with E-state index < -0.39 is 0 Å². The molecule has 5 nitrogen and oxygen atoms in total. The van der Waals surface area contributed by atoms with Crippen molar-refractivity contribution >= 4 is 17.2 Å². The van der Waals surface area contributed by atoms with Crippen LogP contribution in [0.2, 0.25) is 0 Å². The second-order valence-electron chi connectivity index (χ2n) is 5.39. The van der Waals surface area contributed by atoms with Crippen LogP contribution in [-0.4, -0.2) is 27.3 Å². The Morgan fingerprint density at radius 2 is 2.22 bits per heavy atom. The summed E-state index contributed by atoms with van der Waals surface area (Å²) in [5, 5.41) is 23.7. The van der Waals surface area contributed by atoms with Crippen molar-refractivity contribution in [2.75, 3.05) is 0 Å². The monoisotopic (exact) mass is 327 g/mol. The SMILES string of the molecule is CC(Cc1ccsc1)NC(=O)c1cc(-c2ccccc2O)n[nH]1. The Labute approximate surface area is 138 Å². The normalized spacial score (nSPS) is 12.0. The van der Waals surface area contributed by atoms with Gasteiger partial charge in [-0.05, 0) is 53.9 Å². The highest BCUT2D eigenvalue weighted by atomic mass is 32.1. The summed E-state index contributed by atoms with van der Waals surface area (Å²) in [5.41, 5.74) is 2.72. The Kier molecular flexibility index (Phi) is 4.43. The Hall–Kier alpha value is -2.60. The van der Waals surface area contributed by atoms with Gasteiger partial charge in [0.1, 0.15) is 11.4 Å². The van der Waals surface area contributed by atoms with Gasteiger partial charge in [-0.15, -0.1) is 0 Å². The number of amides is 1. The number of aromatic nitrogens is 2. The summed E-state index contributed by atoms with van der Waals surface area (Å²) < 4.78 is 0. The minimum atomic E-state index is -0.207. The van der Waals surface area contributed by atoms with E-state index >= 15 is 0 Å². The molecule has 0 aliphatic heterocycles. The van der Waals surface area contributed by atoms with Gasteiger partial charge in [-0.3, -0.25) is 9.89 Å². The fraction of sp³-hybridized carbons (Fsp3) is 0.176. The van der Waals surface area contributed by atoms with E-state index in [1.807, 2.05) is 18.4 Å². The number of para-hydroxylation sites is 1. The molecule has 23 heavy (non-hydrogen) atoms. The fourth-order valence-electron chi connectivity index (χ4n) is 2.38. The summed E-state index contributed by atoms with van der Waals surface area (Å²) in [6.45, 7) is 1.97. The largest absolute Gasteiger partial charge is 0.507 e. The van der Waals surface area contributed by atoms with Crippen LogP contribution in [0.15, 0.2) is 47.2 Å². The number of thiophene rings is 1. The topological polar surface area (TPSA) is 78.0 Å². The minimum absolute atomic E-state index is 0.0222. The number of aromatic hydroxyl groups is 1. The standard InChI is InChI=1S/C17H17N3O2S/c1-11(8-12-6-7-23-10-12)18-17(22)15-9-14(19-20-15)13-4-2-3-5-16(13)21/h2-7,9-11,21H,8H2,1H3,(H,18,22)(H,19,20). The van der Waals surface area contributed by atoms with E-state index in [2.05, 4.69) is 27.0 Å². The van der Waals surface area contributed by atoms with Crippen molar-refractivity contribution in [3.63, 3.8) is 0 Å². The van der Waals surface area contributed by atoms with Crippen molar-refractivity contribution in [2.24, 2.45) is 0 Å². The number of phenolic OH excluding ortho intramolecular Hbond substituents is 1. The molecule has 0 fully saturated rings. The summed E-state index contributed by atoms with van der Waals surface area (Å²) in [5.74, 6) is -0.0707. The van der Waals surface area contributed by atoms with Crippen molar-refractivity contribution in [3.8, 4) is 17.0 Å². The number of phenols is 1. The molecule has 2 heterocycles. The summed E-state index contributed by atoms with van der Waals surface area (Å²) in [4.78, 5) is 12.3. The first kappa shape index (κ1) is 15.3. The van der Waals surface area contributed by atoms with Gasteiger partial charge in [-0.1, -0.05) is 12.1 Å². The summed E-state index contributed by atoms with van der Waals surface area (Å²) in [6, 6.07) is 10.6. The number of benzene rings is 1. The van der Waals surface area contributed by atoms with Crippen molar-refractivity contribution < 1.29 is 9.90 Å². The number of carbonyl (C=O) groups is 1. The highest BCUT2D eigenvalue weighted by molar-refractivity contribution is 7.07. The maximum absolute atomic E-state index is 12.3. The average Bonchev–Trinajstić information content (AvgIpc) is 3.19. The lowest BCUT2D eigenvalue weighted by Crippen LogP contribution is -2.34. The number of hydrogen-bond acceptors (Lipinski definition) is 4. The van der Waals surface area contributed by atoms with Gasteiger partial charge in [0.15, 0.2) is 0 Å². The first-order chi connectivity index (χ1) is 11.1. The van der Waals surface area contributed by atoms with E-state index in [1.54, 1.807) is 35.6 Å². The van der Waals surface area contributed by atoms with Gasteiger partial charge in [-0.2, -0.15) is 16.4 Å². The van der Waals surface area contributed by atoms with Gasteiger partial charge in [0.05, 0.1) is 5.69 Å². The molecule has 0 radical (unpaired) electrons. The first-order valence-electron chi connectivity index (χ1n) is 7.29. The number of aromatic amines is 1. The molecule has 0 saturated carbocycles. The van der Waals surface area contributed by atoms with Crippen molar-refractivity contribution in [3.05, 3.63) is 58.4 Å². The zero-order chi connectivity index (χ0) is 16.2. The molecule has 0 aliphatic carbocycles. The van der Waals surface area contributed by atoms with Crippen LogP contribution in [0.3, 0.4) is 0 Å². The molecule has 118 valence electrons. The number of rotatable bonds is 5. The second kappa shape index (κ2) is 6.66. The number of carbonyl (C=O) groups excluding carboxylic acids is 1. The van der Waals surface area contributed by atoms with E-state index in [9.17, 15) is 9.90 Å².